The second-order valence-electron chi connectivity index (χ2n) is 8.82. The first kappa shape index (κ1) is 18.9. The van der Waals surface area contributed by atoms with Crippen LogP contribution in [0.5, 0.6) is 0 Å². The summed E-state index contributed by atoms with van der Waals surface area (Å²) < 4.78 is 0. The highest BCUT2D eigenvalue weighted by atomic mass is 16.2. The highest BCUT2D eigenvalue weighted by Crippen LogP contribution is 2.39. The fourth-order valence-corrected chi connectivity index (χ4v) is 4.82. The Kier molecular flexibility index (Phi) is 5.79. The minimum atomic E-state index is 0.150. The number of nitrogens with zero attached hydrogens (tertiary/aromatic N) is 3. The molecular weight excluding hydrogens is 336 g/mol. The molecule has 5 nitrogen and oxygen atoms in total. The van der Waals surface area contributed by atoms with E-state index >= 15 is 0 Å². The van der Waals surface area contributed by atoms with E-state index in [9.17, 15) is 4.79 Å². The molecule has 1 saturated carbocycles. The summed E-state index contributed by atoms with van der Waals surface area (Å²) in [6.45, 7) is 7.65. The molecule has 5 heteroatoms. The SMILES string of the molecule is CCC1(NC(=O)C2CCCN(C3CCN(Cc4ccncc4)CC3)C2)CC1. The van der Waals surface area contributed by atoms with Crippen molar-refractivity contribution in [3.8, 4) is 0 Å². The fraction of sp³-hybridized carbons (Fsp3) is 0.727. The highest BCUT2D eigenvalue weighted by Gasteiger charge is 2.43. The normalized spacial score (nSPS) is 26.6. The lowest BCUT2D eigenvalue weighted by Crippen LogP contribution is -2.51. The Hall–Kier alpha value is -1.46. The maximum absolute atomic E-state index is 12.7. The summed E-state index contributed by atoms with van der Waals surface area (Å²) in [5, 5.41) is 3.37. The second-order valence-corrected chi connectivity index (χ2v) is 8.82. The zero-order valence-electron chi connectivity index (χ0n) is 16.7. The molecule has 0 radical (unpaired) electrons. The molecule has 0 spiro atoms. The van der Waals surface area contributed by atoms with E-state index in [0.29, 0.717) is 11.9 Å². The van der Waals surface area contributed by atoms with E-state index in [1.54, 1.807) is 0 Å². The first-order chi connectivity index (χ1) is 13.2. The standard InChI is InChI=1S/C22H34N4O/c1-2-22(9-10-22)24-21(27)19-4-3-13-26(17-19)20-7-14-25(15-8-20)16-18-5-11-23-12-6-18/h5-6,11-12,19-20H,2-4,7-10,13-17H2,1H3,(H,24,27). The number of likely N-dealkylation sites (tertiary alicyclic amines) is 2. The third-order valence-electron chi connectivity index (χ3n) is 6.97. The van der Waals surface area contributed by atoms with Crippen molar-refractivity contribution in [1.29, 1.82) is 0 Å². The van der Waals surface area contributed by atoms with Gasteiger partial charge in [-0.2, -0.15) is 0 Å². The molecule has 3 aliphatic rings. The molecule has 1 N–H and O–H groups in total. The van der Waals surface area contributed by atoms with Crippen molar-refractivity contribution in [2.24, 2.45) is 5.92 Å². The summed E-state index contributed by atoms with van der Waals surface area (Å²) >= 11 is 0. The number of piperidine rings is 2. The summed E-state index contributed by atoms with van der Waals surface area (Å²) in [7, 11) is 0. The van der Waals surface area contributed by atoms with Crippen molar-refractivity contribution >= 4 is 5.91 Å². The number of carbonyl (C=O) groups is 1. The Bertz CT molecular complexity index is 622. The third kappa shape index (κ3) is 4.69. The predicted octanol–water partition coefficient (Wildman–Crippen LogP) is 2.82. The molecule has 148 valence electrons. The van der Waals surface area contributed by atoms with Crippen LogP contribution in [0.1, 0.15) is 57.4 Å². The van der Waals surface area contributed by atoms with Crippen LogP contribution in [0, 0.1) is 5.92 Å². The average Bonchev–Trinajstić information content (AvgIpc) is 3.49. The minimum absolute atomic E-state index is 0.150. The van der Waals surface area contributed by atoms with E-state index in [1.165, 1.54) is 31.2 Å². The van der Waals surface area contributed by atoms with E-state index in [4.69, 9.17) is 0 Å². The monoisotopic (exact) mass is 370 g/mol. The fourth-order valence-electron chi connectivity index (χ4n) is 4.82. The van der Waals surface area contributed by atoms with Crippen LogP contribution in [-0.2, 0) is 11.3 Å². The van der Waals surface area contributed by atoms with Crippen molar-refractivity contribution in [1.82, 2.24) is 20.1 Å². The van der Waals surface area contributed by atoms with Gasteiger partial charge < -0.3 is 5.32 Å². The lowest BCUT2D eigenvalue weighted by molar-refractivity contribution is -0.128. The van der Waals surface area contributed by atoms with E-state index < -0.39 is 0 Å². The molecular formula is C22H34N4O. The maximum Gasteiger partial charge on any atom is 0.224 e. The van der Waals surface area contributed by atoms with Gasteiger partial charge in [0.15, 0.2) is 0 Å². The summed E-state index contributed by atoms with van der Waals surface area (Å²) in [4.78, 5) is 22.0. The third-order valence-corrected chi connectivity index (χ3v) is 6.97. The van der Waals surface area contributed by atoms with Crippen molar-refractivity contribution in [2.75, 3.05) is 26.2 Å². The van der Waals surface area contributed by atoms with Crippen LogP contribution in [0.15, 0.2) is 24.5 Å². The van der Waals surface area contributed by atoms with Crippen LogP contribution in [0.3, 0.4) is 0 Å². The summed E-state index contributed by atoms with van der Waals surface area (Å²) in [5.41, 5.74) is 1.50. The number of nitrogens with one attached hydrogen (secondary N) is 1. The number of hydrogen-bond donors (Lipinski definition) is 1. The zero-order chi connectivity index (χ0) is 18.7. The molecule has 1 atom stereocenters. The van der Waals surface area contributed by atoms with Crippen LogP contribution in [0.4, 0.5) is 0 Å². The molecule has 3 fully saturated rings. The summed E-state index contributed by atoms with van der Waals surface area (Å²) in [6.07, 6.45) is 11.8. The molecule has 0 bridgehead atoms. The molecule has 1 aromatic rings. The van der Waals surface area contributed by atoms with Gasteiger partial charge in [-0.25, -0.2) is 0 Å². The van der Waals surface area contributed by atoms with Crippen LogP contribution in [0.25, 0.3) is 0 Å². The number of hydrogen-bond acceptors (Lipinski definition) is 4. The Morgan fingerprint density at radius 1 is 1.19 bits per heavy atom. The minimum Gasteiger partial charge on any atom is -0.350 e. The first-order valence-corrected chi connectivity index (χ1v) is 10.8. The van der Waals surface area contributed by atoms with Gasteiger partial charge in [0.05, 0.1) is 5.92 Å². The van der Waals surface area contributed by atoms with E-state index in [1.807, 2.05) is 12.4 Å². The number of amides is 1. The van der Waals surface area contributed by atoms with Gasteiger partial charge in [-0.15, -0.1) is 0 Å². The highest BCUT2D eigenvalue weighted by molar-refractivity contribution is 5.80. The number of aromatic nitrogens is 1. The molecule has 1 amide bonds. The first-order valence-electron chi connectivity index (χ1n) is 10.8. The molecule has 27 heavy (non-hydrogen) atoms. The molecule has 3 heterocycles. The number of carbonyl (C=O) groups excluding carboxylic acids is 1. The zero-order valence-corrected chi connectivity index (χ0v) is 16.7. The second kappa shape index (κ2) is 8.27. The lowest BCUT2D eigenvalue weighted by Gasteiger charge is -2.42. The quantitative estimate of drug-likeness (QED) is 0.837. The number of pyridine rings is 1. The van der Waals surface area contributed by atoms with E-state index in [0.717, 1.165) is 52.0 Å². The van der Waals surface area contributed by atoms with Crippen LogP contribution >= 0.6 is 0 Å². The molecule has 1 aliphatic carbocycles. The Balaban J connectivity index is 1.25. The average molecular weight is 371 g/mol. The van der Waals surface area contributed by atoms with Crippen molar-refractivity contribution in [3.63, 3.8) is 0 Å². The largest absolute Gasteiger partial charge is 0.350 e. The molecule has 2 aliphatic heterocycles. The van der Waals surface area contributed by atoms with Crippen LogP contribution < -0.4 is 5.32 Å². The summed E-state index contributed by atoms with van der Waals surface area (Å²) in [5.74, 6) is 0.506. The van der Waals surface area contributed by atoms with E-state index in [-0.39, 0.29) is 11.5 Å². The lowest BCUT2D eigenvalue weighted by atomic mass is 9.92. The Morgan fingerprint density at radius 2 is 1.93 bits per heavy atom. The van der Waals surface area contributed by atoms with Crippen molar-refractivity contribution in [2.45, 2.75) is 70.0 Å². The van der Waals surface area contributed by atoms with Gasteiger partial charge in [0, 0.05) is 37.1 Å². The predicted molar refractivity (Wildman–Crippen MR) is 107 cm³/mol. The van der Waals surface area contributed by atoms with Gasteiger partial charge in [-0.1, -0.05) is 6.92 Å². The van der Waals surface area contributed by atoms with Gasteiger partial charge in [-0.3, -0.25) is 19.6 Å². The van der Waals surface area contributed by atoms with Gasteiger partial charge in [0.1, 0.15) is 0 Å². The maximum atomic E-state index is 12.7. The van der Waals surface area contributed by atoms with Crippen LogP contribution in [0.2, 0.25) is 0 Å². The molecule has 1 unspecified atom stereocenters. The van der Waals surface area contributed by atoms with Gasteiger partial charge in [-0.05, 0) is 82.3 Å². The smallest absolute Gasteiger partial charge is 0.224 e. The van der Waals surface area contributed by atoms with Crippen molar-refractivity contribution in [3.05, 3.63) is 30.1 Å². The molecule has 2 saturated heterocycles. The van der Waals surface area contributed by atoms with E-state index in [2.05, 4.69) is 39.2 Å². The van der Waals surface area contributed by atoms with Gasteiger partial charge in [0.2, 0.25) is 5.91 Å². The molecule has 0 aromatic carbocycles. The topological polar surface area (TPSA) is 48.5 Å². The molecule has 1 aromatic heterocycles. The van der Waals surface area contributed by atoms with Gasteiger partial charge >= 0.3 is 0 Å². The van der Waals surface area contributed by atoms with Gasteiger partial charge in [0.25, 0.3) is 0 Å². The Labute approximate surface area is 163 Å². The Morgan fingerprint density at radius 3 is 2.59 bits per heavy atom. The number of rotatable bonds is 6. The molecule has 4 rings (SSSR count). The van der Waals surface area contributed by atoms with Crippen molar-refractivity contribution < 1.29 is 4.79 Å². The summed E-state index contributed by atoms with van der Waals surface area (Å²) in [6, 6.07) is 4.88. The van der Waals surface area contributed by atoms with Crippen LogP contribution in [-0.4, -0.2) is 58.5 Å².